The predicted molar refractivity (Wildman–Crippen MR) is 78.0 cm³/mol. The number of hydrogen-bond donors (Lipinski definition) is 0. The van der Waals surface area contributed by atoms with E-state index in [-0.39, 0.29) is 5.70 Å². The molecule has 0 aromatic heterocycles. The Morgan fingerprint density at radius 1 is 0.955 bits per heavy atom. The van der Waals surface area contributed by atoms with Crippen molar-refractivity contribution in [1.82, 2.24) is 0 Å². The molecule has 0 saturated carbocycles. The SMILES string of the molecule is Cc1ccc(N2C(=O)C(F)(F)C=C2c2ccc(F)cc2)cc1. The number of anilines is 1. The lowest BCUT2D eigenvalue weighted by Crippen LogP contribution is -2.34. The number of amides is 1. The minimum Gasteiger partial charge on any atom is -0.275 e. The zero-order valence-corrected chi connectivity index (χ0v) is 11.7. The highest BCUT2D eigenvalue weighted by molar-refractivity contribution is 6.15. The summed E-state index contributed by atoms with van der Waals surface area (Å²) < 4.78 is 40.7. The lowest BCUT2D eigenvalue weighted by molar-refractivity contribution is -0.134. The van der Waals surface area contributed by atoms with E-state index in [1.54, 1.807) is 24.3 Å². The standard InChI is InChI=1S/C17H12F3NO/c1-11-2-8-14(9-3-11)21-15(10-17(19,20)16(21)22)12-4-6-13(18)7-5-12/h2-10H,1H3. The van der Waals surface area contributed by atoms with E-state index in [0.717, 1.165) is 10.5 Å². The molecule has 1 aliphatic rings. The second kappa shape index (κ2) is 5.02. The van der Waals surface area contributed by atoms with E-state index in [1.807, 2.05) is 6.92 Å². The number of aryl methyl sites for hydroxylation is 1. The number of hydrogen-bond acceptors (Lipinski definition) is 1. The van der Waals surface area contributed by atoms with Crippen molar-refractivity contribution in [2.24, 2.45) is 0 Å². The molecule has 0 atom stereocenters. The van der Waals surface area contributed by atoms with Gasteiger partial charge in [0.1, 0.15) is 5.82 Å². The first kappa shape index (κ1) is 14.4. The molecule has 0 saturated heterocycles. The third kappa shape index (κ3) is 2.39. The van der Waals surface area contributed by atoms with Gasteiger partial charge >= 0.3 is 11.8 Å². The Balaban J connectivity index is 2.10. The van der Waals surface area contributed by atoms with Crippen LogP contribution in [0.25, 0.3) is 5.70 Å². The van der Waals surface area contributed by atoms with E-state index in [2.05, 4.69) is 0 Å². The molecule has 0 unspecified atom stereocenters. The van der Waals surface area contributed by atoms with E-state index in [0.29, 0.717) is 17.3 Å². The molecule has 0 N–H and O–H groups in total. The zero-order chi connectivity index (χ0) is 15.9. The topological polar surface area (TPSA) is 20.3 Å². The molecule has 2 aromatic carbocycles. The van der Waals surface area contributed by atoms with Crippen molar-refractivity contribution in [3.8, 4) is 0 Å². The van der Waals surface area contributed by atoms with Crippen LogP contribution in [0, 0.1) is 12.7 Å². The van der Waals surface area contributed by atoms with Crippen LogP contribution in [0.5, 0.6) is 0 Å². The highest BCUT2D eigenvalue weighted by Crippen LogP contribution is 2.39. The number of carbonyl (C=O) groups excluding carboxylic acids is 1. The number of carbonyl (C=O) groups is 1. The lowest BCUT2D eigenvalue weighted by atomic mass is 10.1. The van der Waals surface area contributed by atoms with Crippen LogP contribution in [0.2, 0.25) is 0 Å². The predicted octanol–water partition coefficient (Wildman–Crippen LogP) is 4.16. The minimum atomic E-state index is -3.57. The van der Waals surface area contributed by atoms with Crippen LogP contribution in [0.4, 0.5) is 18.9 Å². The Morgan fingerprint density at radius 3 is 2.14 bits per heavy atom. The van der Waals surface area contributed by atoms with Crippen molar-refractivity contribution in [2.45, 2.75) is 12.8 Å². The molecule has 112 valence electrons. The van der Waals surface area contributed by atoms with Gasteiger partial charge in [-0.05, 0) is 48.9 Å². The largest absolute Gasteiger partial charge is 0.346 e. The zero-order valence-electron chi connectivity index (χ0n) is 11.7. The monoisotopic (exact) mass is 303 g/mol. The Bertz CT molecular complexity index is 748. The normalized spacial score (nSPS) is 16.8. The Kier molecular flexibility index (Phi) is 3.28. The fourth-order valence-corrected chi connectivity index (χ4v) is 2.34. The molecule has 3 rings (SSSR count). The number of rotatable bonds is 2. The van der Waals surface area contributed by atoms with E-state index in [4.69, 9.17) is 0 Å². The first-order chi connectivity index (χ1) is 10.4. The highest BCUT2D eigenvalue weighted by atomic mass is 19.3. The fraction of sp³-hybridized carbons (Fsp3) is 0.118. The molecule has 0 fully saturated rings. The van der Waals surface area contributed by atoms with Crippen LogP contribution >= 0.6 is 0 Å². The van der Waals surface area contributed by atoms with Crippen molar-refractivity contribution >= 4 is 17.3 Å². The average molecular weight is 303 g/mol. The number of benzene rings is 2. The first-order valence-electron chi connectivity index (χ1n) is 6.66. The number of nitrogens with zero attached hydrogens (tertiary/aromatic N) is 1. The molecule has 2 aromatic rings. The van der Waals surface area contributed by atoms with Crippen LogP contribution in [-0.2, 0) is 4.79 Å². The van der Waals surface area contributed by atoms with Crippen molar-refractivity contribution in [3.05, 3.63) is 71.6 Å². The van der Waals surface area contributed by atoms with Crippen LogP contribution in [0.15, 0.2) is 54.6 Å². The summed E-state index contributed by atoms with van der Waals surface area (Å²) in [5.74, 6) is -5.35. The first-order valence-corrected chi connectivity index (χ1v) is 6.66. The molecule has 5 heteroatoms. The van der Waals surface area contributed by atoms with E-state index < -0.39 is 17.6 Å². The van der Waals surface area contributed by atoms with Gasteiger partial charge in [-0.25, -0.2) is 4.39 Å². The summed E-state index contributed by atoms with van der Waals surface area (Å²) in [5, 5.41) is 0. The van der Waals surface area contributed by atoms with Crippen molar-refractivity contribution in [3.63, 3.8) is 0 Å². The Morgan fingerprint density at radius 2 is 1.55 bits per heavy atom. The molecule has 2 nitrogen and oxygen atoms in total. The Labute approximate surface area is 125 Å². The third-order valence-electron chi connectivity index (χ3n) is 3.48. The quantitative estimate of drug-likeness (QED) is 0.816. The van der Waals surface area contributed by atoms with E-state index >= 15 is 0 Å². The maximum Gasteiger partial charge on any atom is 0.346 e. The number of alkyl halides is 2. The lowest BCUT2D eigenvalue weighted by Gasteiger charge is -2.21. The molecule has 1 aliphatic heterocycles. The van der Waals surface area contributed by atoms with Gasteiger partial charge in [0.05, 0.1) is 5.70 Å². The van der Waals surface area contributed by atoms with Gasteiger partial charge in [0.15, 0.2) is 0 Å². The minimum absolute atomic E-state index is 0.0545. The summed E-state index contributed by atoms with van der Waals surface area (Å²) in [5.41, 5.74) is 1.71. The molecule has 0 bridgehead atoms. The Hall–Kier alpha value is -2.56. The maximum atomic E-state index is 13.8. The van der Waals surface area contributed by atoms with Gasteiger partial charge in [-0.3, -0.25) is 9.69 Å². The maximum absolute atomic E-state index is 13.8. The number of halogens is 3. The van der Waals surface area contributed by atoms with Crippen molar-refractivity contribution in [1.29, 1.82) is 0 Å². The molecule has 22 heavy (non-hydrogen) atoms. The van der Waals surface area contributed by atoms with Gasteiger partial charge < -0.3 is 0 Å². The van der Waals surface area contributed by atoms with Gasteiger partial charge in [-0.1, -0.05) is 17.7 Å². The molecule has 0 radical (unpaired) electrons. The molecule has 1 amide bonds. The smallest absolute Gasteiger partial charge is 0.275 e. The fourth-order valence-electron chi connectivity index (χ4n) is 2.34. The van der Waals surface area contributed by atoms with Crippen molar-refractivity contribution in [2.75, 3.05) is 4.90 Å². The average Bonchev–Trinajstić information content (AvgIpc) is 2.72. The van der Waals surface area contributed by atoms with Gasteiger partial charge in [0.25, 0.3) is 0 Å². The summed E-state index contributed by atoms with van der Waals surface area (Å²) >= 11 is 0. The van der Waals surface area contributed by atoms with Gasteiger partial charge in [-0.15, -0.1) is 0 Å². The molecule has 0 aliphatic carbocycles. The molecule has 0 spiro atoms. The summed E-state index contributed by atoms with van der Waals surface area (Å²) in [6, 6.07) is 11.8. The third-order valence-corrected chi connectivity index (χ3v) is 3.48. The van der Waals surface area contributed by atoms with E-state index in [9.17, 15) is 18.0 Å². The second-order valence-electron chi connectivity index (χ2n) is 5.14. The van der Waals surface area contributed by atoms with Crippen LogP contribution in [0.3, 0.4) is 0 Å². The summed E-state index contributed by atoms with van der Waals surface area (Å²) in [7, 11) is 0. The van der Waals surface area contributed by atoms with Crippen LogP contribution in [-0.4, -0.2) is 11.8 Å². The second-order valence-corrected chi connectivity index (χ2v) is 5.14. The van der Waals surface area contributed by atoms with Gasteiger partial charge in [-0.2, -0.15) is 8.78 Å². The molecular weight excluding hydrogens is 291 g/mol. The van der Waals surface area contributed by atoms with Crippen LogP contribution in [0.1, 0.15) is 11.1 Å². The summed E-state index contributed by atoms with van der Waals surface area (Å²) in [6.45, 7) is 1.86. The highest BCUT2D eigenvalue weighted by Gasteiger charge is 2.48. The van der Waals surface area contributed by atoms with Crippen LogP contribution < -0.4 is 4.90 Å². The van der Waals surface area contributed by atoms with Gasteiger partial charge in [0, 0.05) is 11.8 Å². The summed E-state index contributed by atoms with van der Waals surface area (Å²) in [6.07, 6.45) is 0.614. The van der Waals surface area contributed by atoms with Gasteiger partial charge in [0.2, 0.25) is 0 Å². The molecule has 1 heterocycles. The van der Waals surface area contributed by atoms with Crippen molar-refractivity contribution < 1.29 is 18.0 Å². The molecular formula is C17H12F3NO. The summed E-state index contributed by atoms with van der Waals surface area (Å²) in [4.78, 5) is 13.0. The van der Waals surface area contributed by atoms with E-state index in [1.165, 1.54) is 24.3 Å².